The minimum atomic E-state index is 0.199. The van der Waals surface area contributed by atoms with Gasteiger partial charge in [-0.25, -0.2) is 0 Å². The van der Waals surface area contributed by atoms with Gasteiger partial charge < -0.3 is 10.2 Å². The van der Waals surface area contributed by atoms with Crippen LogP contribution in [0.15, 0.2) is 18.2 Å². The van der Waals surface area contributed by atoms with Crippen LogP contribution in [0.25, 0.3) is 10.9 Å². The fourth-order valence-electron chi connectivity index (χ4n) is 4.31. The first-order chi connectivity index (χ1) is 11.6. The Morgan fingerprint density at radius 1 is 1.17 bits per heavy atom. The lowest BCUT2D eigenvalue weighted by Gasteiger charge is -2.29. The van der Waals surface area contributed by atoms with Crippen LogP contribution in [0.2, 0.25) is 0 Å². The number of fused-ring (bicyclic) bond motifs is 3. The minimum Gasteiger partial charge on any atom is -0.331 e. The number of amides is 1. The van der Waals surface area contributed by atoms with Crippen molar-refractivity contribution < 1.29 is 4.79 Å². The normalized spacial score (nSPS) is 23.5. The van der Waals surface area contributed by atoms with Crippen LogP contribution in [0.5, 0.6) is 0 Å². The smallest absolute Gasteiger partial charge is 0.255 e. The van der Waals surface area contributed by atoms with Gasteiger partial charge in [0, 0.05) is 29.7 Å². The average Bonchev–Trinajstić information content (AvgIpc) is 2.81. The highest BCUT2D eigenvalue weighted by atomic mass is 16.2. The maximum absolute atomic E-state index is 13.6. The molecule has 1 N–H and O–H groups in total. The summed E-state index contributed by atoms with van der Waals surface area (Å²) in [6, 6.07) is 6.92. The van der Waals surface area contributed by atoms with Crippen molar-refractivity contribution in [1.29, 1.82) is 0 Å². The summed E-state index contributed by atoms with van der Waals surface area (Å²) in [5, 5.41) is 4.48. The number of hydrogen-bond acceptors (Lipinski definition) is 3. The predicted octanol–water partition coefficient (Wildman–Crippen LogP) is 3.13. The van der Waals surface area contributed by atoms with E-state index in [4.69, 9.17) is 4.98 Å². The molecule has 0 spiro atoms. The van der Waals surface area contributed by atoms with Crippen LogP contribution in [-0.4, -0.2) is 41.0 Å². The highest BCUT2D eigenvalue weighted by molar-refractivity contribution is 6.08. The van der Waals surface area contributed by atoms with Gasteiger partial charge in [-0.05, 0) is 64.3 Å². The molecule has 2 aliphatic heterocycles. The number of rotatable bonds is 1. The lowest BCUT2D eigenvalue weighted by atomic mass is 9.98. The Hall–Kier alpha value is -1.94. The number of nitrogens with zero attached hydrogens (tertiary/aromatic N) is 2. The minimum absolute atomic E-state index is 0.199. The van der Waals surface area contributed by atoms with Crippen molar-refractivity contribution in [2.45, 2.75) is 52.1 Å². The molecule has 3 heterocycles. The molecule has 1 amide bonds. The molecule has 0 radical (unpaired) electrons. The Kier molecular flexibility index (Phi) is 3.80. The number of carbonyl (C=O) groups is 1. The molecule has 24 heavy (non-hydrogen) atoms. The molecule has 4 heteroatoms. The van der Waals surface area contributed by atoms with E-state index < -0.39 is 0 Å². The Balaban J connectivity index is 1.87. The van der Waals surface area contributed by atoms with Gasteiger partial charge in [-0.2, -0.15) is 0 Å². The number of aryl methyl sites for hydroxylation is 2. The van der Waals surface area contributed by atoms with E-state index in [9.17, 15) is 4.79 Å². The Bertz CT molecular complexity index is 800. The van der Waals surface area contributed by atoms with E-state index in [1.54, 1.807) is 0 Å². The van der Waals surface area contributed by atoms with Gasteiger partial charge in [-0.15, -0.1) is 0 Å². The molecule has 1 aromatic heterocycles. The average molecular weight is 323 g/mol. The van der Waals surface area contributed by atoms with E-state index >= 15 is 0 Å². The predicted molar refractivity (Wildman–Crippen MR) is 96.4 cm³/mol. The number of pyridine rings is 1. The highest BCUT2D eigenvalue weighted by Gasteiger charge is 2.39. The van der Waals surface area contributed by atoms with E-state index in [1.807, 2.05) is 19.9 Å². The van der Waals surface area contributed by atoms with E-state index in [2.05, 4.69) is 29.3 Å². The topological polar surface area (TPSA) is 45.2 Å². The zero-order valence-electron chi connectivity index (χ0n) is 14.7. The van der Waals surface area contributed by atoms with Gasteiger partial charge in [-0.1, -0.05) is 11.6 Å². The maximum atomic E-state index is 13.6. The molecule has 2 aromatic rings. The van der Waals surface area contributed by atoms with Crippen LogP contribution in [-0.2, 0) is 0 Å². The zero-order chi connectivity index (χ0) is 16.8. The molecule has 126 valence electrons. The van der Waals surface area contributed by atoms with Gasteiger partial charge in [0.25, 0.3) is 5.91 Å². The molecular weight excluding hydrogens is 298 g/mol. The second kappa shape index (κ2) is 5.85. The molecule has 2 aliphatic rings. The molecule has 0 saturated carbocycles. The third kappa shape index (κ3) is 2.40. The summed E-state index contributed by atoms with van der Waals surface area (Å²) in [6.45, 7) is 8.04. The van der Waals surface area contributed by atoms with Gasteiger partial charge in [-0.3, -0.25) is 9.78 Å². The number of aromatic nitrogens is 1. The number of benzene rings is 1. The molecule has 4 rings (SSSR count). The monoisotopic (exact) mass is 323 g/mol. The quantitative estimate of drug-likeness (QED) is 0.877. The number of carbonyl (C=O) groups excluding carboxylic acids is 1. The lowest BCUT2D eigenvalue weighted by Crippen LogP contribution is -2.43. The molecule has 2 fully saturated rings. The third-order valence-electron chi connectivity index (χ3n) is 5.73. The van der Waals surface area contributed by atoms with Crippen molar-refractivity contribution in [2.75, 3.05) is 13.1 Å². The molecule has 2 bridgehead atoms. The van der Waals surface area contributed by atoms with Crippen LogP contribution >= 0.6 is 0 Å². The molecule has 0 unspecified atom stereocenters. The first kappa shape index (κ1) is 15.6. The summed E-state index contributed by atoms with van der Waals surface area (Å²) in [5.41, 5.74) is 4.93. The highest BCUT2D eigenvalue weighted by Crippen LogP contribution is 2.33. The van der Waals surface area contributed by atoms with Crippen molar-refractivity contribution in [3.8, 4) is 0 Å². The molecule has 2 saturated heterocycles. The number of hydrogen-bond donors (Lipinski definition) is 1. The molecule has 1 aromatic carbocycles. The summed E-state index contributed by atoms with van der Waals surface area (Å²) in [7, 11) is 0. The molecule has 2 atom stereocenters. The van der Waals surface area contributed by atoms with Crippen LogP contribution in [0.3, 0.4) is 0 Å². The first-order valence-corrected chi connectivity index (χ1v) is 8.97. The maximum Gasteiger partial charge on any atom is 0.255 e. The molecular formula is C20H25N3O. The largest absolute Gasteiger partial charge is 0.331 e. The van der Waals surface area contributed by atoms with Crippen LogP contribution < -0.4 is 5.32 Å². The second-order valence-electron chi connectivity index (χ2n) is 7.31. The van der Waals surface area contributed by atoms with Crippen molar-refractivity contribution in [3.05, 3.63) is 40.6 Å². The van der Waals surface area contributed by atoms with Crippen LogP contribution in [0.1, 0.15) is 46.4 Å². The van der Waals surface area contributed by atoms with Crippen molar-refractivity contribution in [2.24, 2.45) is 0 Å². The van der Waals surface area contributed by atoms with Crippen molar-refractivity contribution in [1.82, 2.24) is 15.2 Å². The summed E-state index contributed by atoms with van der Waals surface area (Å²) in [5.74, 6) is 0.199. The van der Waals surface area contributed by atoms with Gasteiger partial charge in [0.2, 0.25) is 0 Å². The fraction of sp³-hybridized carbons (Fsp3) is 0.500. The Labute approximate surface area is 143 Å². The van der Waals surface area contributed by atoms with Gasteiger partial charge in [0.05, 0.1) is 11.1 Å². The first-order valence-electron chi connectivity index (χ1n) is 8.97. The van der Waals surface area contributed by atoms with E-state index in [-0.39, 0.29) is 5.91 Å². The van der Waals surface area contributed by atoms with Crippen molar-refractivity contribution >= 4 is 16.8 Å². The third-order valence-corrected chi connectivity index (χ3v) is 5.73. The summed E-state index contributed by atoms with van der Waals surface area (Å²) in [4.78, 5) is 20.4. The van der Waals surface area contributed by atoms with Gasteiger partial charge >= 0.3 is 0 Å². The Morgan fingerprint density at radius 3 is 2.79 bits per heavy atom. The lowest BCUT2D eigenvalue weighted by molar-refractivity contribution is 0.0681. The SMILES string of the molecule is Cc1ccc2nc(C)c(C)c(C(=O)N3[C@H]4CCNC[C@@H]3CC4)c2c1. The van der Waals surface area contributed by atoms with E-state index in [1.165, 1.54) is 5.56 Å². The molecule has 0 aliphatic carbocycles. The Morgan fingerprint density at radius 2 is 1.96 bits per heavy atom. The number of nitrogens with one attached hydrogen (secondary N) is 1. The summed E-state index contributed by atoms with van der Waals surface area (Å²) in [6.07, 6.45) is 3.31. The van der Waals surface area contributed by atoms with Gasteiger partial charge in [0.15, 0.2) is 0 Å². The van der Waals surface area contributed by atoms with Crippen LogP contribution in [0.4, 0.5) is 0 Å². The zero-order valence-corrected chi connectivity index (χ0v) is 14.7. The van der Waals surface area contributed by atoms with E-state index in [0.29, 0.717) is 12.1 Å². The summed E-state index contributed by atoms with van der Waals surface area (Å²) < 4.78 is 0. The van der Waals surface area contributed by atoms with Crippen molar-refractivity contribution in [3.63, 3.8) is 0 Å². The molecule has 4 nitrogen and oxygen atoms in total. The second-order valence-corrected chi connectivity index (χ2v) is 7.31. The fourth-order valence-corrected chi connectivity index (χ4v) is 4.31. The van der Waals surface area contributed by atoms with Gasteiger partial charge in [0.1, 0.15) is 0 Å². The van der Waals surface area contributed by atoms with Crippen LogP contribution in [0, 0.1) is 20.8 Å². The van der Waals surface area contributed by atoms with E-state index in [0.717, 1.165) is 60.1 Å². The standard InChI is InChI=1S/C20H25N3O/c1-12-4-7-18-17(10-12)19(13(2)14(3)22-18)20(24)23-15-5-6-16(23)11-21-9-8-15/h4,7,10,15-16,21H,5-6,8-9,11H2,1-3H3/t15-,16+/m1/s1. The summed E-state index contributed by atoms with van der Waals surface area (Å²) >= 11 is 0.